The van der Waals surface area contributed by atoms with E-state index >= 15 is 0 Å². The lowest BCUT2D eigenvalue weighted by Crippen LogP contribution is -2.45. The second-order valence-corrected chi connectivity index (χ2v) is 15.4. The average molecular weight is 722 g/mol. The summed E-state index contributed by atoms with van der Waals surface area (Å²) in [5, 5.41) is 13.6. The van der Waals surface area contributed by atoms with Crippen LogP contribution in [0.25, 0.3) is 0 Å². The molecule has 0 aromatic heterocycles. The van der Waals surface area contributed by atoms with Gasteiger partial charge in [0.1, 0.15) is 13.2 Å². The number of allylic oxidation sites excluding steroid dienone is 11. The number of phosphoric ester groups is 1. The summed E-state index contributed by atoms with van der Waals surface area (Å²) in [5.74, 6) is -0.205. The maximum absolute atomic E-state index is 12.8. The molecule has 3 unspecified atom stereocenters. The highest BCUT2D eigenvalue weighted by atomic mass is 31.2. The van der Waals surface area contributed by atoms with Gasteiger partial charge in [-0.15, -0.1) is 0 Å². The molecule has 0 saturated carbocycles. The van der Waals surface area contributed by atoms with Gasteiger partial charge in [0, 0.05) is 6.42 Å². The molecule has 3 N–H and O–H groups in total. The molecular weight excluding hydrogens is 647 g/mol. The third kappa shape index (κ3) is 34.4. The standard InChI is InChI=1S/C41H73N2O6P/c1-6-8-10-12-14-15-16-17-18-19-20-21-22-23-24-25-26-27-29-31-33-35-41(45)42-39(40(44)34-32-30-28-13-11-9-7-2)38-49-50(46,47)48-37-36-43(3,4)5/h8,10,14-15,17-18,20-21,23-24,32,34,39-40,44H,6-7,9,11-13,16,19,22,25-31,33,35-38H2,1-5H3,(H-,42,45,46,47)/p+1/b10-8-,15-14-,18-17-,21-20-,24-23-,34-32+. The first-order chi connectivity index (χ1) is 24.0. The van der Waals surface area contributed by atoms with Crippen LogP contribution in [0.3, 0.4) is 0 Å². The van der Waals surface area contributed by atoms with Crippen LogP contribution >= 0.6 is 7.82 Å². The molecule has 0 aliphatic carbocycles. The molecule has 8 nitrogen and oxygen atoms in total. The summed E-state index contributed by atoms with van der Waals surface area (Å²) in [5.41, 5.74) is 0. The molecule has 0 aliphatic heterocycles. The predicted molar refractivity (Wildman–Crippen MR) is 212 cm³/mol. The molecule has 0 bridgehead atoms. The molecule has 288 valence electrons. The van der Waals surface area contributed by atoms with E-state index in [0.717, 1.165) is 89.9 Å². The summed E-state index contributed by atoms with van der Waals surface area (Å²) < 4.78 is 23.3. The predicted octanol–water partition coefficient (Wildman–Crippen LogP) is 10.1. The van der Waals surface area contributed by atoms with E-state index in [1.54, 1.807) is 6.08 Å². The number of aliphatic hydroxyl groups excluding tert-OH is 1. The Morgan fingerprint density at radius 2 is 1.20 bits per heavy atom. The van der Waals surface area contributed by atoms with Crippen LogP contribution in [0.5, 0.6) is 0 Å². The summed E-state index contributed by atoms with van der Waals surface area (Å²) in [6.45, 7) is 4.58. The SMILES string of the molecule is CC/C=C\C/C=C\C/C=C\C/C=C\C/C=C\CCCCCCCC(=O)NC(COP(=O)(O)OCC[N+](C)(C)C)C(O)/C=C/CCCCCCC. The Morgan fingerprint density at radius 1 is 0.700 bits per heavy atom. The maximum Gasteiger partial charge on any atom is 0.472 e. The third-order valence-electron chi connectivity index (χ3n) is 7.93. The normalized spacial score (nSPS) is 15.4. The molecule has 0 aliphatic rings. The zero-order valence-electron chi connectivity index (χ0n) is 32.4. The zero-order valence-corrected chi connectivity index (χ0v) is 33.2. The molecule has 9 heteroatoms. The Hall–Kier alpha value is -2.06. The molecule has 50 heavy (non-hydrogen) atoms. The van der Waals surface area contributed by atoms with Gasteiger partial charge in [0.2, 0.25) is 5.91 Å². The van der Waals surface area contributed by atoms with E-state index in [0.29, 0.717) is 17.4 Å². The topological polar surface area (TPSA) is 105 Å². The van der Waals surface area contributed by atoms with Gasteiger partial charge < -0.3 is 19.8 Å². The van der Waals surface area contributed by atoms with Gasteiger partial charge in [0.25, 0.3) is 0 Å². The minimum Gasteiger partial charge on any atom is -0.387 e. The number of carbonyl (C=O) groups excluding carboxylic acids is 1. The van der Waals surface area contributed by atoms with E-state index in [-0.39, 0.29) is 19.1 Å². The fraction of sp³-hybridized carbons (Fsp3) is 0.683. The van der Waals surface area contributed by atoms with E-state index in [2.05, 4.69) is 79.9 Å². The lowest BCUT2D eigenvalue weighted by Gasteiger charge is -2.25. The van der Waals surface area contributed by atoms with Crippen LogP contribution in [0, 0.1) is 0 Å². The summed E-state index contributed by atoms with van der Waals surface area (Å²) in [7, 11) is 1.54. The van der Waals surface area contributed by atoms with Gasteiger partial charge >= 0.3 is 7.82 Å². The van der Waals surface area contributed by atoms with Gasteiger partial charge in [-0.25, -0.2) is 4.57 Å². The Kier molecular flexibility index (Phi) is 31.5. The minimum atomic E-state index is -4.33. The lowest BCUT2D eigenvalue weighted by molar-refractivity contribution is -0.870. The van der Waals surface area contributed by atoms with Crippen LogP contribution in [0.1, 0.15) is 129 Å². The first-order valence-corrected chi connectivity index (χ1v) is 20.8. The Balaban J connectivity index is 4.38. The van der Waals surface area contributed by atoms with Crippen molar-refractivity contribution in [3.63, 3.8) is 0 Å². The first-order valence-electron chi connectivity index (χ1n) is 19.3. The molecule has 0 radical (unpaired) electrons. The fourth-order valence-electron chi connectivity index (χ4n) is 4.83. The van der Waals surface area contributed by atoms with Gasteiger partial charge in [-0.1, -0.05) is 132 Å². The highest BCUT2D eigenvalue weighted by Crippen LogP contribution is 2.43. The maximum atomic E-state index is 12.8. The van der Waals surface area contributed by atoms with Gasteiger partial charge in [0.15, 0.2) is 0 Å². The molecule has 0 aromatic carbocycles. The van der Waals surface area contributed by atoms with Gasteiger partial charge in [-0.3, -0.25) is 13.8 Å². The van der Waals surface area contributed by atoms with E-state index in [9.17, 15) is 19.4 Å². The number of nitrogens with one attached hydrogen (secondary N) is 1. The lowest BCUT2D eigenvalue weighted by atomic mass is 10.1. The number of phosphoric acid groups is 1. The Bertz CT molecular complexity index is 1040. The van der Waals surface area contributed by atoms with E-state index in [1.807, 2.05) is 27.2 Å². The highest BCUT2D eigenvalue weighted by molar-refractivity contribution is 7.47. The van der Waals surface area contributed by atoms with Crippen molar-refractivity contribution in [2.45, 2.75) is 142 Å². The molecule has 0 heterocycles. The van der Waals surface area contributed by atoms with Gasteiger partial charge in [0.05, 0.1) is 39.9 Å². The highest BCUT2D eigenvalue weighted by Gasteiger charge is 2.27. The van der Waals surface area contributed by atoms with Crippen LogP contribution in [-0.4, -0.2) is 73.4 Å². The molecule has 0 saturated heterocycles. The molecule has 0 aromatic rings. The van der Waals surface area contributed by atoms with Gasteiger partial charge in [-0.2, -0.15) is 0 Å². The number of nitrogens with zero attached hydrogens (tertiary/aromatic N) is 1. The summed E-state index contributed by atoms with van der Waals surface area (Å²) in [6, 6.07) is -0.857. The van der Waals surface area contributed by atoms with Crippen molar-refractivity contribution in [2.75, 3.05) is 40.9 Å². The Morgan fingerprint density at radius 3 is 1.76 bits per heavy atom. The molecule has 0 spiro atoms. The average Bonchev–Trinajstić information content (AvgIpc) is 3.06. The quantitative estimate of drug-likeness (QED) is 0.0270. The van der Waals surface area contributed by atoms with Crippen LogP contribution < -0.4 is 5.32 Å². The monoisotopic (exact) mass is 722 g/mol. The molecule has 3 atom stereocenters. The number of rotatable bonds is 33. The zero-order chi connectivity index (χ0) is 37.2. The second-order valence-electron chi connectivity index (χ2n) is 13.9. The number of hydrogen-bond acceptors (Lipinski definition) is 5. The van der Waals surface area contributed by atoms with Crippen molar-refractivity contribution in [2.24, 2.45) is 0 Å². The summed E-state index contributed by atoms with van der Waals surface area (Å²) in [6.07, 6.45) is 42.7. The summed E-state index contributed by atoms with van der Waals surface area (Å²) in [4.78, 5) is 22.9. The summed E-state index contributed by atoms with van der Waals surface area (Å²) >= 11 is 0. The fourth-order valence-corrected chi connectivity index (χ4v) is 5.56. The third-order valence-corrected chi connectivity index (χ3v) is 8.92. The van der Waals surface area contributed by atoms with Crippen molar-refractivity contribution in [3.8, 4) is 0 Å². The number of carbonyl (C=O) groups is 1. The van der Waals surface area contributed by atoms with Crippen LogP contribution in [0.4, 0.5) is 0 Å². The van der Waals surface area contributed by atoms with Crippen molar-refractivity contribution < 1.29 is 32.9 Å². The van der Waals surface area contributed by atoms with E-state index < -0.39 is 20.0 Å². The number of likely N-dealkylation sites (N-methyl/N-ethyl adjacent to an activating group) is 1. The Labute approximate surface area is 306 Å². The number of unbranched alkanes of at least 4 members (excludes halogenated alkanes) is 10. The van der Waals surface area contributed by atoms with Crippen LogP contribution in [0.2, 0.25) is 0 Å². The van der Waals surface area contributed by atoms with Gasteiger partial charge in [-0.05, 0) is 64.2 Å². The van der Waals surface area contributed by atoms with Crippen molar-refractivity contribution in [1.82, 2.24) is 5.32 Å². The molecule has 0 rings (SSSR count). The smallest absolute Gasteiger partial charge is 0.387 e. The minimum absolute atomic E-state index is 0.0527. The number of quaternary nitrogens is 1. The molecule has 0 fully saturated rings. The first kappa shape index (κ1) is 47.9. The van der Waals surface area contributed by atoms with Crippen LogP contribution in [0.15, 0.2) is 72.9 Å². The second kappa shape index (κ2) is 32.8. The van der Waals surface area contributed by atoms with Crippen molar-refractivity contribution in [3.05, 3.63) is 72.9 Å². The van der Waals surface area contributed by atoms with E-state index in [1.165, 1.54) is 19.3 Å². The van der Waals surface area contributed by atoms with Crippen LogP contribution in [-0.2, 0) is 18.4 Å². The van der Waals surface area contributed by atoms with E-state index in [4.69, 9.17) is 9.05 Å². The number of hydrogen-bond donors (Lipinski definition) is 3. The van der Waals surface area contributed by atoms with Crippen molar-refractivity contribution in [1.29, 1.82) is 0 Å². The number of amides is 1. The molecular formula is C41H74N2O6P+. The molecule has 1 amide bonds. The number of aliphatic hydroxyl groups is 1. The largest absolute Gasteiger partial charge is 0.472 e. The van der Waals surface area contributed by atoms with Crippen molar-refractivity contribution >= 4 is 13.7 Å².